The maximum absolute atomic E-state index is 11.9. The van der Waals surface area contributed by atoms with Crippen LogP contribution in [-0.4, -0.2) is 44.0 Å². The summed E-state index contributed by atoms with van der Waals surface area (Å²) in [6.07, 6.45) is 2.05. The fourth-order valence-electron chi connectivity index (χ4n) is 1.80. The Balaban J connectivity index is 2.29. The Morgan fingerprint density at radius 1 is 1.24 bits per heavy atom. The van der Waals surface area contributed by atoms with Gasteiger partial charge in [-0.15, -0.1) is 0 Å². The monoisotopic (exact) mass is 292 g/mol. The van der Waals surface area contributed by atoms with Crippen molar-refractivity contribution >= 4 is 11.8 Å². The molecule has 0 saturated heterocycles. The standard InChI is InChI=1S/C16H24N2O3/c1-4-13-7-9-14(10-8-13)21-12-16(20)18(3)11-5-6-15(19)17-2/h7-10H,4-6,11-12H2,1-3H3,(H,17,19). The van der Waals surface area contributed by atoms with Gasteiger partial charge in [-0.3, -0.25) is 9.59 Å². The molecule has 0 saturated carbocycles. The molecule has 116 valence electrons. The second-order valence-corrected chi connectivity index (χ2v) is 4.88. The summed E-state index contributed by atoms with van der Waals surface area (Å²) >= 11 is 0. The van der Waals surface area contributed by atoms with Crippen LogP contribution in [0.1, 0.15) is 25.3 Å². The van der Waals surface area contributed by atoms with Crippen LogP contribution in [0.25, 0.3) is 0 Å². The van der Waals surface area contributed by atoms with Crippen LogP contribution in [0.2, 0.25) is 0 Å². The van der Waals surface area contributed by atoms with Gasteiger partial charge in [-0.1, -0.05) is 19.1 Å². The SMILES string of the molecule is CCc1ccc(OCC(=O)N(C)CCCC(=O)NC)cc1. The first-order chi connectivity index (χ1) is 10.1. The van der Waals surface area contributed by atoms with Crippen LogP contribution in [0.15, 0.2) is 24.3 Å². The van der Waals surface area contributed by atoms with E-state index in [0.717, 1.165) is 6.42 Å². The van der Waals surface area contributed by atoms with Crippen LogP contribution in [0.4, 0.5) is 0 Å². The zero-order valence-corrected chi connectivity index (χ0v) is 13.0. The number of carbonyl (C=O) groups is 2. The molecule has 0 spiro atoms. The van der Waals surface area contributed by atoms with Gasteiger partial charge in [-0.25, -0.2) is 0 Å². The Morgan fingerprint density at radius 3 is 2.48 bits per heavy atom. The summed E-state index contributed by atoms with van der Waals surface area (Å²) in [6, 6.07) is 7.73. The van der Waals surface area contributed by atoms with E-state index >= 15 is 0 Å². The second kappa shape index (κ2) is 9.00. The summed E-state index contributed by atoms with van der Waals surface area (Å²) in [5, 5.41) is 2.56. The van der Waals surface area contributed by atoms with Gasteiger partial charge in [-0.2, -0.15) is 0 Å². The Hall–Kier alpha value is -2.04. The first kappa shape index (κ1) is 17.0. The van der Waals surface area contributed by atoms with E-state index in [2.05, 4.69) is 12.2 Å². The number of nitrogens with zero attached hydrogens (tertiary/aromatic N) is 1. The van der Waals surface area contributed by atoms with Crippen molar-refractivity contribution in [2.45, 2.75) is 26.2 Å². The first-order valence-electron chi connectivity index (χ1n) is 7.23. The lowest BCUT2D eigenvalue weighted by Crippen LogP contribution is -2.32. The molecule has 0 aliphatic heterocycles. The number of likely N-dealkylation sites (N-methyl/N-ethyl adjacent to an activating group) is 1. The summed E-state index contributed by atoms with van der Waals surface area (Å²) in [7, 11) is 3.32. The minimum absolute atomic E-state index is 0.0110. The molecule has 2 amide bonds. The van der Waals surface area contributed by atoms with E-state index in [9.17, 15) is 9.59 Å². The lowest BCUT2D eigenvalue weighted by molar-refractivity contribution is -0.132. The molecule has 21 heavy (non-hydrogen) atoms. The first-order valence-corrected chi connectivity index (χ1v) is 7.23. The third-order valence-corrected chi connectivity index (χ3v) is 3.30. The normalized spacial score (nSPS) is 10.0. The molecule has 1 rings (SSSR count). The molecule has 0 fully saturated rings. The van der Waals surface area contributed by atoms with Gasteiger partial charge in [0.05, 0.1) is 0 Å². The highest BCUT2D eigenvalue weighted by atomic mass is 16.5. The van der Waals surface area contributed by atoms with Crippen molar-refractivity contribution in [3.05, 3.63) is 29.8 Å². The largest absolute Gasteiger partial charge is 0.484 e. The Labute approximate surface area is 126 Å². The number of hydrogen-bond donors (Lipinski definition) is 1. The van der Waals surface area contributed by atoms with Crippen molar-refractivity contribution in [1.29, 1.82) is 0 Å². The maximum Gasteiger partial charge on any atom is 0.260 e. The van der Waals surface area contributed by atoms with Crippen molar-refractivity contribution in [3.63, 3.8) is 0 Å². The number of carbonyl (C=O) groups excluding carboxylic acids is 2. The molecule has 1 N–H and O–H groups in total. The van der Waals surface area contributed by atoms with E-state index in [4.69, 9.17) is 4.74 Å². The highest BCUT2D eigenvalue weighted by molar-refractivity contribution is 5.78. The minimum Gasteiger partial charge on any atom is -0.484 e. The quantitative estimate of drug-likeness (QED) is 0.792. The minimum atomic E-state index is -0.0912. The van der Waals surface area contributed by atoms with Crippen LogP contribution in [0.5, 0.6) is 5.75 Å². The third kappa shape index (κ3) is 6.29. The molecule has 0 aromatic heterocycles. The zero-order chi connectivity index (χ0) is 15.7. The van der Waals surface area contributed by atoms with Gasteiger partial charge < -0.3 is 15.0 Å². The van der Waals surface area contributed by atoms with Crippen LogP contribution in [-0.2, 0) is 16.0 Å². The van der Waals surface area contributed by atoms with Crippen LogP contribution in [0, 0.1) is 0 Å². The summed E-state index contributed by atoms with van der Waals surface area (Å²) in [5.41, 5.74) is 1.24. The van der Waals surface area contributed by atoms with Gasteiger partial charge in [-0.05, 0) is 30.5 Å². The van der Waals surface area contributed by atoms with E-state index in [1.54, 1.807) is 19.0 Å². The predicted octanol–water partition coefficient (Wildman–Crippen LogP) is 1.61. The molecule has 0 radical (unpaired) electrons. The van der Waals surface area contributed by atoms with E-state index < -0.39 is 0 Å². The molecule has 5 heteroatoms. The second-order valence-electron chi connectivity index (χ2n) is 4.88. The number of ether oxygens (including phenoxy) is 1. The molecule has 0 atom stereocenters. The number of benzene rings is 1. The lowest BCUT2D eigenvalue weighted by Gasteiger charge is -2.17. The van der Waals surface area contributed by atoms with Crippen molar-refractivity contribution in [2.75, 3.05) is 27.2 Å². The Bertz CT molecular complexity index is 457. The number of nitrogens with one attached hydrogen (secondary N) is 1. The number of hydrogen-bond acceptors (Lipinski definition) is 3. The molecule has 5 nitrogen and oxygen atoms in total. The number of aryl methyl sites for hydroxylation is 1. The average Bonchev–Trinajstić information content (AvgIpc) is 2.52. The van der Waals surface area contributed by atoms with Crippen molar-refractivity contribution < 1.29 is 14.3 Å². The Kier molecular flexibility index (Phi) is 7.29. The molecule has 0 aliphatic carbocycles. The fourth-order valence-corrected chi connectivity index (χ4v) is 1.80. The predicted molar refractivity (Wildman–Crippen MR) is 82.3 cm³/mol. The van der Waals surface area contributed by atoms with Gasteiger partial charge >= 0.3 is 0 Å². The topological polar surface area (TPSA) is 58.6 Å². The van der Waals surface area contributed by atoms with Gasteiger partial charge in [0.2, 0.25) is 5.91 Å². The fraction of sp³-hybridized carbons (Fsp3) is 0.500. The van der Waals surface area contributed by atoms with Crippen molar-refractivity contribution in [1.82, 2.24) is 10.2 Å². The van der Waals surface area contributed by atoms with Crippen LogP contribution >= 0.6 is 0 Å². The van der Waals surface area contributed by atoms with Gasteiger partial charge in [0, 0.05) is 27.1 Å². The third-order valence-electron chi connectivity index (χ3n) is 3.30. The van der Waals surface area contributed by atoms with Crippen molar-refractivity contribution in [3.8, 4) is 5.75 Å². The smallest absolute Gasteiger partial charge is 0.260 e. The van der Waals surface area contributed by atoms with Crippen LogP contribution < -0.4 is 10.1 Å². The summed E-state index contributed by atoms with van der Waals surface area (Å²) in [5.74, 6) is 0.592. The summed E-state index contributed by atoms with van der Waals surface area (Å²) < 4.78 is 5.47. The highest BCUT2D eigenvalue weighted by Crippen LogP contribution is 2.12. The molecule has 0 bridgehead atoms. The number of rotatable bonds is 8. The molecule has 0 unspecified atom stereocenters. The van der Waals surface area contributed by atoms with E-state index in [-0.39, 0.29) is 18.4 Å². The van der Waals surface area contributed by atoms with Crippen molar-refractivity contribution in [2.24, 2.45) is 0 Å². The summed E-state index contributed by atoms with van der Waals surface area (Å²) in [4.78, 5) is 24.6. The highest BCUT2D eigenvalue weighted by Gasteiger charge is 2.10. The van der Waals surface area contributed by atoms with Gasteiger partial charge in [0.25, 0.3) is 5.91 Å². The number of amides is 2. The molecular weight excluding hydrogens is 268 g/mol. The van der Waals surface area contributed by atoms with E-state index in [1.807, 2.05) is 24.3 Å². The molecule has 0 aliphatic rings. The van der Waals surface area contributed by atoms with Gasteiger partial charge in [0.15, 0.2) is 6.61 Å². The molecular formula is C16H24N2O3. The van der Waals surface area contributed by atoms with Gasteiger partial charge in [0.1, 0.15) is 5.75 Å². The molecule has 0 heterocycles. The zero-order valence-electron chi connectivity index (χ0n) is 13.0. The van der Waals surface area contributed by atoms with E-state index in [0.29, 0.717) is 25.1 Å². The maximum atomic E-state index is 11.9. The van der Waals surface area contributed by atoms with Crippen LogP contribution in [0.3, 0.4) is 0 Å². The molecule has 1 aromatic rings. The summed E-state index contributed by atoms with van der Waals surface area (Å²) in [6.45, 7) is 2.65. The molecule has 1 aromatic carbocycles. The Morgan fingerprint density at radius 2 is 1.90 bits per heavy atom. The lowest BCUT2D eigenvalue weighted by atomic mass is 10.2. The van der Waals surface area contributed by atoms with E-state index in [1.165, 1.54) is 5.56 Å². The average molecular weight is 292 g/mol.